The van der Waals surface area contributed by atoms with E-state index in [9.17, 15) is 9.59 Å². The zero-order chi connectivity index (χ0) is 25.6. The first-order chi connectivity index (χ1) is 16.6. The third-order valence-electron chi connectivity index (χ3n) is 7.11. The van der Waals surface area contributed by atoms with E-state index in [0.717, 1.165) is 11.8 Å². The summed E-state index contributed by atoms with van der Waals surface area (Å²) in [6, 6.07) is 0.0863. The Morgan fingerprint density at radius 2 is 1.89 bits per heavy atom. The molecule has 0 aliphatic heterocycles. The predicted molar refractivity (Wildman–Crippen MR) is 139 cm³/mol. The molecule has 0 saturated heterocycles. The zero-order valence-electron chi connectivity index (χ0n) is 22.0. The van der Waals surface area contributed by atoms with Gasteiger partial charge in [0.1, 0.15) is 4.90 Å². The first-order valence-corrected chi connectivity index (χ1v) is 14.0. The number of ether oxygens (including phenoxy) is 1. The number of hydrogen-bond donors (Lipinski definition) is 3. The minimum Gasteiger partial charge on any atom is -0.474 e. The number of nitrogens with one attached hydrogen (secondary N) is 2. The Balaban J connectivity index is 1.63. The Morgan fingerprint density at radius 1 is 1.20 bits per heavy atom. The second kappa shape index (κ2) is 12.5. The Morgan fingerprint density at radius 3 is 2.51 bits per heavy atom. The van der Waals surface area contributed by atoms with Crippen LogP contribution in [0.3, 0.4) is 0 Å². The fourth-order valence-electron chi connectivity index (χ4n) is 5.45. The van der Waals surface area contributed by atoms with Gasteiger partial charge in [0.15, 0.2) is 0 Å². The van der Waals surface area contributed by atoms with E-state index in [-0.39, 0.29) is 35.5 Å². The molecule has 0 aromatic carbocycles. The molecule has 2 saturated carbocycles. The quantitative estimate of drug-likeness (QED) is 0.358. The van der Waals surface area contributed by atoms with Gasteiger partial charge in [0.25, 0.3) is 11.8 Å². The summed E-state index contributed by atoms with van der Waals surface area (Å²) < 4.78 is 11.5. The van der Waals surface area contributed by atoms with Crippen LogP contribution in [-0.2, 0) is 4.79 Å². The number of aromatic nitrogens is 1. The topological polar surface area (TPSA) is 119 Å². The summed E-state index contributed by atoms with van der Waals surface area (Å²) in [6.45, 7) is 11.3. The van der Waals surface area contributed by atoms with Crippen molar-refractivity contribution in [1.29, 1.82) is 0 Å². The van der Waals surface area contributed by atoms with Gasteiger partial charge in [-0.2, -0.15) is 0 Å². The van der Waals surface area contributed by atoms with E-state index in [4.69, 9.17) is 15.0 Å². The van der Waals surface area contributed by atoms with Crippen LogP contribution in [0.5, 0.6) is 5.88 Å². The van der Waals surface area contributed by atoms with Gasteiger partial charge >= 0.3 is 0 Å². The summed E-state index contributed by atoms with van der Waals surface area (Å²) >= 11 is 1.50. The molecule has 2 aliphatic rings. The van der Waals surface area contributed by atoms with E-state index in [2.05, 4.69) is 36.6 Å². The average molecular weight is 509 g/mol. The molecule has 0 radical (unpaired) electrons. The predicted octanol–water partition coefficient (Wildman–Crippen LogP) is 4.38. The van der Waals surface area contributed by atoms with Crippen molar-refractivity contribution in [3.63, 3.8) is 0 Å². The molecule has 1 aromatic heterocycles. The van der Waals surface area contributed by atoms with Gasteiger partial charge in [-0.05, 0) is 49.1 Å². The largest absolute Gasteiger partial charge is 0.474 e. The van der Waals surface area contributed by atoms with Crippen LogP contribution in [-0.4, -0.2) is 48.0 Å². The molecule has 3 unspecified atom stereocenters. The van der Waals surface area contributed by atoms with Crippen molar-refractivity contribution in [1.82, 2.24) is 15.8 Å². The SMILES string of the molecule is CC(C)Sc1c(OCC(C)(C)CC(=O)NCCN)noc1C(=O)NC(C)C1CC2CCCC(C2)C1. The Labute approximate surface area is 214 Å². The van der Waals surface area contributed by atoms with Gasteiger partial charge in [0.2, 0.25) is 11.7 Å². The van der Waals surface area contributed by atoms with Crippen LogP contribution in [0.25, 0.3) is 0 Å². The first-order valence-electron chi connectivity index (χ1n) is 13.1. The van der Waals surface area contributed by atoms with Crippen molar-refractivity contribution in [3.05, 3.63) is 5.76 Å². The lowest BCUT2D eigenvalue weighted by atomic mass is 9.66. The van der Waals surface area contributed by atoms with Crippen LogP contribution in [0.15, 0.2) is 9.42 Å². The number of fused-ring (bicyclic) bond motifs is 2. The van der Waals surface area contributed by atoms with Gasteiger partial charge in [0, 0.05) is 36.2 Å². The molecular formula is C26H44N4O4S. The molecule has 9 heteroatoms. The lowest BCUT2D eigenvalue weighted by molar-refractivity contribution is -0.123. The maximum absolute atomic E-state index is 13.2. The van der Waals surface area contributed by atoms with Gasteiger partial charge in [-0.3, -0.25) is 9.59 Å². The number of hydrogen-bond acceptors (Lipinski definition) is 7. The van der Waals surface area contributed by atoms with Crippen molar-refractivity contribution < 1.29 is 18.8 Å². The maximum Gasteiger partial charge on any atom is 0.291 e. The monoisotopic (exact) mass is 508 g/mol. The molecule has 198 valence electrons. The highest BCUT2D eigenvalue weighted by Crippen LogP contribution is 2.43. The maximum atomic E-state index is 13.2. The zero-order valence-corrected chi connectivity index (χ0v) is 22.8. The molecular weight excluding hydrogens is 464 g/mol. The number of thioether (sulfide) groups is 1. The van der Waals surface area contributed by atoms with Crippen molar-refractivity contribution >= 4 is 23.6 Å². The summed E-state index contributed by atoms with van der Waals surface area (Å²) in [4.78, 5) is 26.0. The molecule has 8 nitrogen and oxygen atoms in total. The fourth-order valence-corrected chi connectivity index (χ4v) is 6.35. The van der Waals surface area contributed by atoms with E-state index >= 15 is 0 Å². The summed E-state index contributed by atoms with van der Waals surface area (Å²) in [7, 11) is 0. The van der Waals surface area contributed by atoms with Crippen LogP contribution in [0, 0.1) is 23.2 Å². The standard InChI is InChI=1S/C26H44N4O4S/c1-16(2)35-23-22(24(32)29-17(3)20-12-18-7-6-8-19(11-18)13-20)34-30-25(23)33-15-26(4,5)14-21(31)28-10-9-27/h16-20H,6-15,27H2,1-5H3,(H,28,31)(H,29,32). The van der Waals surface area contributed by atoms with Crippen molar-refractivity contribution in [2.75, 3.05) is 19.7 Å². The first kappa shape index (κ1) is 27.8. The molecule has 2 aliphatic carbocycles. The highest BCUT2D eigenvalue weighted by atomic mass is 32.2. The minimum absolute atomic E-state index is 0.0677. The van der Waals surface area contributed by atoms with E-state index in [0.29, 0.717) is 36.2 Å². The number of carbonyl (C=O) groups is 2. The van der Waals surface area contributed by atoms with E-state index < -0.39 is 5.41 Å². The molecule has 4 N–H and O–H groups in total. The van der Waals surface area contributed by atoms with E-state index in [1.54, 1.807) is 0 Å². The van der Waals surface area contributed by atoms with Crippen molar-refractivity contribution in [2.45, 2.75) is 95.8 Å². The molecule has 3 atom stereocenters. The van der Waals surface area contributed by atoms with Gasteiger partial charge in [-0.1, -0.05) is 47.0 Å². The number of rotatable bonds is 12. The molecule has 2 fully saturated rings. The lowest BCUT2D eigenvalue weighted by Crippen LogP contribution is -2.42. The van der Waals surface area contributed by atoms with Gasteiger partial charge in [-0.25, -0.2) is 0 Å². The lowest BCUT2D eigenvalue weighted by Gasteiger charge is -2.41. The Bertz CT molecular complexity index is 844. The summed E-state index contributed by atoms with van der Waals surface area (Å²) in [5, 5.41) is 10.3. The normalized spacial score (nSPS) is 23.1. The molecule has 0 spiro atoms. The molecule has 1 aromatic rings. The molecule has 1 heterocycles. The smallest absolute Gasteiger partial charge is 0.291 e. The van der Waals surface area contributed by atoms with Crippen molar-refractivity contribution in [3.8, 4) is 5.88 Å². The molecule has 2 bridgehead atoms. The summed E-state index contributed by atoms with van der Waals surface area (Å²) in [5.74, 6) is 2.34. The second-order valence-electron chi connectivity index (χ2n) is 11.5. The van der Waals surface area contributed by atoms with E-state index in [1.165, 1.54) is 50.3 Å². The molecule has 35 heavy (non-hydrogen) atoms. The van der Waals surface area contributed by atoms with Gasteiger partial charge < -0.3 is 25.6 Å². The summed E-state index contributed by atoms with van der Waals surface area (Å²) in [6.07, 6.45) is 8.07. The summed E-state index contributed by atoms with van der Waals surface area (Å²) in [5.41, 5.74) is 5.04. The third kappa shape index (κ3) is 8.13. The fraction of sp³-hybridized carbons (Fsp3) is 0.808. The van der Waals surface area contributed by atoms with E-state index in [1.807, 2.05) is 13.8 Å². The second-order valence-corrected chi connectivity index (χ2v) is 13.1. The van der Waals surface area contributed by atoms with Crippen molar-refractivity contribution in [2.24, 2.45) is 28.9 Å². The van der Waals surface area contributed by atoms with Crippen LogP contribution in [0.1, 0.15) is 90.1 Å². The van der Waals surface area contributed by atoms with Crippen LogP contribution in [0.2, 0.25) is 0 Å². The third-order valence-corrected chi connectivity index (χ3v) is 8.18. The Hall–Kier alpha value is -1.74. The van der Waals surface area contributed by atoms with Crippen LogP contribution in [0.4, 0.5) is 0 Å². The number of nitrogens with zero attached hydrogens (tertiary/aromatic N) is 1. The van der Waals surface area contributed by atoms with Crippen LogP contribution < -0.4 is 21.1 Å². The number of carbonyl (C=O) groups excluding carboxylic acids is 2. The average Bonchev–Trinajstić information content (AvgIpc) is 3.17. The molecule has 3 rings (SSSR count). The van der Waals surface area contributed by atoms with Crippen LogP contribution >= 0.6 is 11.8 Å². The van der Waals surface area contributed by atoms with Gasteiger partial charge in [0.05, 0.1) is 6.61 Å². The highest BCUT2D eigenvalue weighted by Gasteiger charge is 2.36. The number of nitrogens with two attached hydrogens (primary N) is 1. The highest BCUT2D eigenvalue weighted by molar-refractivity contribution is 8.00. The number of amides is 2. The van der Waals surface area contributed by atoms with Gasteiger partial charge in [-0.15, -0.1) is 11.8 Å². The minimum atomic E-state index is -0.423. The molecule has 2 amide bonds. The Kier molecular flexibility index (Phi) is 9.93.